The van der Waals surface area contributed by atoms with Gasteiger partial charge in [-0.05, 0) is 29.8 Å². The number of aromatic nitrogens is 2. The number of amides is 1. The van der Waals surface area contributed by atoms with Crippen molar-refractivity contribution in [3.63, 3.8) is 0 Å². The van der Waals surface area contributed by atoms with Crippen LogP contribution in [0.1, 0.15) is 22.0 Å². The maximum Gasteiger partial charge on any atom is 0.255 e. The highest BCUT2D eigenvalue weighted by Gasteiger charge is 2.26. The molecule has 1 saturated heterocycles. The lowest BCUT2D eigenvalue weighted by molar-refractivity contribution is 0.0703. The van der Waals surface area contributed by atoms with E-state index in [2.05, 4.69) is 22.5 Å². The third kappa shape index (κ3) is 3.36. The first-order valence-corrected chi connectivity index (χ1v) is 8.97. The Bertz CT molecular complexity index is 895. The van der Waals surface area contributed by atoms with E-state index in [1.165, 1.54) is 5.56 Å². The van der Waals surface area contributed by atoms with Crippen LogP contribution in [0.5, 0.6) is 0 Å². The second-order valence-corrected chi connectivity index (χ2v) is 6.69. The van der Waals surface area contributed by atoms with Gasteiger partial charge in [0.15, 0.2) is 0 Å². The number of carbonyl (C=O) groups is 1. The fourth-order valence-corrected chi connectivity index (χ4v) is 3.45. The van der Waals surface area contributed by atoms with E-state index >= 15 is 0 Å². The molecule has 1 atom stereocenters. The van der Waals surface area contributed by atoms with Crippen molar-refractivity contribution >= 4 is 17.5 Å². The minimum atomic E-state index is -0.0496. The number of rotatable bonds is 3. The van der Waals surface area contributed by atoms with Crippen LogP contribution in [-0.2, 0) is 0 Å². The topological polar surface area (TPSA) is 50.2 Å². The van der Waals surface area contributed by atoms with Crippen molar-refractivity contribution < 1.29 is 4.79 Å². The molecule has 1 N–H and O–H groups in total. The number of hydrogen-bond donors (Lipinski definition) is 1. The number of carbonyl (C=O) groups excluding carboxylic acids is 1. The minimum absolute atomic E-state index is 0.0496. The molecule has 0 bridgehead atoms. The van der Waals surface area contributed by atoms with Gasteiger partial charge in [-0.15, -0.1) is 0 Å². The van der Waals surface area contributed by atoms with E-state index in [1.807, 2.05) is 41.4 Å². The Morgan fingerprint density at radius 2 is 2.00 bits per heavy atom. The summed E-state index contributed by atoms with van der Waals surface area (Å²) in [6.45, 7) is 2.03. The van der Waals surface area contributed by atoms with Crippen LogP contribution >= 0.6 is 11.6 Å². The van der Waals surface area contributed by atoms with Gasteiger partial charge in [0, 0.05) is 38.1 Å². The molecule has 2 heterocycles. The summed E-state index contributed by atoms with van der Waals surface area (Å²) >= 11 is 6.33. The molecule has 4 rings (SSSR count). The van der Waals surface area contributed by atoms with Crippen molar-refractivity contribution in [1.82, 2.24) is 20.0 Å². The Kier molecular flexibility index (Phi) is 4.73. The highest BCUT2D eigenvalue weighted by molar-refractivity contribution is 6.33. The molecule has 1 amide bonds. The summed E-state index contributed by atoms with van der Waals surface area (Å²) < 4.78 is 1.72. The van der Waals surface area contributed by atoms with Gasteiger partial charge in [-0.3, -0.25) is 4.79 Å². The fraction of sp³-hybridized carbons (Fsp3) is 0.200. The zero-order valence-corrected chi connectivity index (χ0v) is 14.9. The van der Waals surface area contributed by atoms with Crippen molar-refractivity contribution in [3.05, 3.63) is 83.1 Å². The Morgan fingerprint density at radius 3 is 2.77 bits per heavy atom. The number of halogens is 1. The molecule has 0 radical (unpaired) electrons. The van der Waals surface area contributed by atoms with Crippen molar-refractivity contribution in [2.75, 3.05) is 19.6 Å². The zero-order valence-electron chi connectivity index (χ0n) is 14.2. The first-order valence-electron chi connectivity index (χ1n) is 8.59. The maximum atomic E-state index is 13.1. The van der Waals surface area contributed by atoms with Crippen molar-refractivity contribution in [3.8, 4) is 5.69 Å². The molecule has 1 aliphatic rings. The van der Waals surface area contributed by atoms with E-state index in [1.54, 1.807) is 23.0 Å². The summed E-state index contributed by atoms with van der Waals surface area (Å²) in [7, 11) is 0. The van der Waals surface area contributed by atoms with Gasteiger partial charge in [0.2, 0.25) is 0 Å². The summed E-state index contributed by atoms with van der Waals surface area (Å²) in [4.78, 5) is 15.0. The average molecular weight is 367 g/mol. The van der Waals surface area contributed by atoms with E-state index in [9.17, 15) is 4.79 Å². The lowest BCUT2D eigenvalue weighted by Gasteiger charge is -2.34. The van der Waals surface area contributed by atoms with Gasteiger partial charge in [-0.2, -0.15) is 5.10 Å². The highest BCUT2D eigenvalue weighted by Crippen LogP contribution is 2.24. The standard InChI is InChI=1S/C20H19ClN4O/c21-18-8-7-16(25-11-4-9-23-25)13-17(18)20(26)24-12-10-22-19(14-24)15-5-2-1-3-6-15/h1-9,11,13,19,22H,10,12,14H2/t19-/m0/s1. The van der Waals surface area contributed by atoms with Crippen molar-refractivity contribution in [2.45, 2.75) is 6.04 Å². The molecule has 1 aromatic heterocycles. The molecule has 1 fully saturated rings. The van der Waals surface area contributed by atoms with Gasteiger partial charge in [0.25, 0.3) is 5.91 Å². The predicted molar refractivity (Wildman–Crippen MR) is 102 cm³/mol. The summed E-state index contributed by atoms with van der Waals surface area (Å²) in [5, 5.41) is 8.16. The van der Waals surface area contributed by atoms with E-state index in [4.69, 9.17) is 11.6 Å². The quantitative estimate of drug-likeness (QED) is 0.773. The fourth-order valence-electron chi connectivity index (χ4n) is 3.25. The van der Waals surface area contributed by atoms with Crippen LogP contribution in [0, 0.1) is 0 Å². The molecule has 3 aromatic rings. The van der Waals surface area contributed by atoms with Gasteiger partial charge < -0.3 is 10.2 Å². The van der Waals surface area contributed by atoms with Crippen LogP contribution in [-0.4, -0.2) is 40.2 Å². The van der Waals surface area contributed by atoms with Crippen molar-refractivity contribution in [1.29, 1.82) is 0 Å². The SMILES string of the molecule is O=C(c1cc(-n2cccn2)ccc1Cl)N1CCN[C@H](c2ccccc2)C1. The van der Waals surface area contributed by atoms with Crippen LogP contribution in [0.2, 0.25) is 5.02 Å². The van der Waals surface area contributed by atoms with Crippen LogP contribution in [0.15, 0.2) is 67.0 Å². The van der Waals surface area contributed by atoms with E-state index in [-0.39, 0.29) is 11.9 Å². The Labute approximate surface area is 157 Å². The second-order valence-electron chi connectivity index (χ2n) is 6.28. The minimum Gasteiger partial charge on any atom is -0.335 e. The molecule has 0 spiro atoms. The van der Waals surface area contributed by atoms with Gasteiger partial charge in [0.05, 0.1) is 16.3 Å². The Hall–Kier alpha value is -2.63. The van der Waals surface area contributed by atoms with Gasteiger partial charge in [0.1, 0.15) is 0 Å². The normalized spacial score (nSPS) is 17.3. The molecular weight excluding hydrogens is 348 g/mol. The Morgan fingerprint density at radius 1 is 1.15 bits per heavy atom. The van der Waals surface area contributed by atoms with Gasteiger partial charge >= 0.3 is 0 Å². The van der Waals surface area contributed by atoms with Crippen LogP contribution in [0.3, 0.4) is 0 Å². The highest BCUT2D eigenvalue weighted by atomic mass is 35.5. The number of nitrogens with one attached hydrogen (secondary N) is 1. The maximum absolute atomic E-state index is 13.1. The molecule has 26 heavy (non-hydrogen) atoms. The Balaban J connectivity index is 1.58. The molecule has 0 unspecified atom stereocenters. The van der Waals surface area contributed by atoms with Crippen LogP contribution in [0.4, 0.5) is 0 Å². The average Bonchev–Trinajstić information content (AvgIpc) is 3.23. The molecule has 1 aliphatic heterocycles. The largest absolute Gasteiger partial charge is 0.335 e. The lowest BCUT2D eigenvalue weighted by Crippen LogP contribution is -2.48. The first kappa shape index (κ1) is 16.8. The summed E-state index contributed by atoms with van der Waals surface area (Å²) in [5.41, 5.74) is 2.51. The number of benzene rings is 2. The zero-order chi connectivity index (χ0) is 17.9. The molecule has 5 nitrogen and oxygen atoms in total. The van der Waals surface area contributed by atoms with Gasteiger partial charge in [-0.25, -0.2) is 4.68 Å². The number of piperazine rings is 1. The number of nitrogens with zero attached hydrogens (tertiary/aromatic N) is 3. The summed E-state index contributed by atoms with van der Waals surface area (Å²) in [6.07, 6.45) is 3.55. The van der Waals surface area contributed by atoms with Crippen LogP contribution in [0.25, 0.3) is 5.69 Å². The summed E-state index contributed by atoms with van der Waals surface area (Å²) in [5.74, 6) is -0.0496. The van der Waals surface area contributed by atoms with E-state index < -0.39 is 0 Å². The second kappa shape index (κ2) is 7.32. The molecule has 0 aliphatic carbocycles. The molecule has 0 saturated carbocycles. The third-order valence-electron chi connectivity index (χ3n) is 4.61. The number of hydrogen-bond acceptors (Lipinski definition) is 3. The first-order chi connectivity index (χ1) is 12.7. The summed E-state index contributed by atoms with van der Waals surface area (Å²) in [6, 6.07) is 17.6. The molecule has 2 aromatic carbocycles. The molecular formula is C20H19ClN4O. The molecule has 132 valence electrons. The van der Waals surface area contributed by atoms with Crippen LogP contribution < -0.4 is 5.32 Å². The predicted octanol–water partition coefficient (Wildman–Crippen LogP) is 3.31. The van der Waals surface area contributed by atoms with Crippen molar-refractivity contribution in [2.24, 2.45) is 0 Å². The smallest absolute Gasteiger partial charge is 0.255 e. The van der Waals surface area contributed by atoms with E-state index in [0.29, 0.717) is 23.7 Å². The third-order valence-corrected chi connectivity index (χ3v) is 4.94. The monoisotopic (exact) mass is 366 g/mol. The molecule has 6 heteroatoms. The van der Waals surface area contributed by atoms with E-state index in [0.717, 1.165) is 12.2 Å². The lowest BCUT2D eigenvalue weighted by atomic mass is 10.0. The van der Waals surface area contributed by atoms with Gasteiger partial charge in [-0.1, -0.05) is 41.9 Å².